The van der Waals surface area contributed by atoms with Crippen LogP contribution in [0.3, 0.4) is 0 Å². The average Bonchev–Trinajstić information content (AvgIpc) is 2.39. The Bertz CT molecular complexity index is 499. The van der Waals surface area contributed by atoms with Crippen molar-refractivity contribution < 1.29 is 0 Å². The molecular weight excluding hydrogens is 248 g/mol. The second-order valence-corrected chi connectivity index (χ2v) is 4.24. The normalized spacial score (nSPS) is 10.1. The van der Waals surface area contributed by atoms with Crippen LogP contribution in [-0.2, 0) is 6.54 Å². The molecule has 2 aromatic rings. The molecule has 94 valence electrons. The Balaban J connectivity index is 1.97. The summed E-state index contributed by atoms with van der Waals surface area (Å²) in [6.45, 7) is 3.55. The molecule has 0 aliphatic rings. The van der Waals surface area contributed by atoms with Crippen LogP contribution in [0.5, 0.6) is 0 Å². The largest absolute Gasteiger partial charge is 0.369 e. The fourth-order valence-electron chi connectivity index (χ4n) is 1.51. The third-order valence-corrected chi connectivity index (χ3v) is 2.63. The number of hydrogen-bond donors (Lipinski definition) is 2. The number of rotatable bonds is 5. The third kappa shape index (κ3) is 3.60. The van der Waals surface area contributed by atoms with Crippen LogP contribution >= 0.6 is 11.6 Å². The number of nitrogens with one attached hydrogen (secondary N) is 2. The first kappa shape index (κ1) is 12.6. The zero-order valence-electron chi connectivity index (χ0n) is 10.2. The van der Waals surface area contributed by atoms with Crippen LogP contribution in [-0.4, -0.2) is 16.5 Å². The van der Waals surface area contributed by atoms with Crippen LogP contribution in [0, 0.1) is 0 Å². The highest BCUT2D eigenvalue weighted by Crippen LogP contribution is 2.12. The molecule has 0 amide bonds. The van der Waals surface area contributed by atoms with Gasteiger partial charge >= 0.3 is 0 Å². The molecule has 18 heavy (non-hydrogen) atoms. The van der Waals surface area contributed by atoms with Crippen LogP contribution in [0.25, 0.3) is 0 Å². The summed E-state index contributed by atoms with van der Waals surface area (Å²) in [5.74, 6) is 1.53. The summed E-state index contributed by atoms with van der Waals surface area (Å²) in [6, 6.07) is 7.71. The standard InChI is InChI=1S/C13H15ClN4/c1-2-16-12-8-15-9-13(18-12)17-7-10-3-5-11(14)6-4-10/h3-6,8-9H,2,7H2,1H3,(H2,16,17,18). The lowest BCUT2D eigenvalue weighted by molar-refractivity contribution is 1.07. The quantitative estimate of drug-likeness (QED) is 0.869. The fraction of sp³-hybridized carbons (Fsp3) is 0.231. The average molecular weight is 263 g/mol. The predicted octanol–water partition coefficient (Wildman–Crippen LogP) is 3.17. The molecule has 0 unspecified atom stereocenters. The fourth-order valence-corrected chi connectivity index (χ4v) is 1.64. The van der Waals surface area contributed by atoms with Crippen molar-refractivity contribution in [3.8, 4) is 0 Å². The molecule has 0 aliphatic heterocycles. The first-order valence-corrected chi connectivity index (χ1v) is 6.20. The lowest BCUT2D eigenvalue weighted by atomic mass is 10.2. The Morgan fingerprint density at radius 1 is 1.06 bits per heavy atom. The first-order chi connectivity index (χ1) is 8.78. The lowest BCUT2D eigenvalue weighted by Gasteiger charge is -2.07. The van der Waals surface area contributed by atoms with E-state index >= 15 is 0 Å². The molecular formula is C13H15ClN4. The van der Waals surface area contributed by atoms with E-state index in [4.69, 9.17) is 11.6 Å². The van der Waals surface area contributed by atoms with Crippen molar-refractivity contribution in [3.63, 3.8) is 0 Å². The molecule has 0 aliphatic carbocycles. The Kier molecular flexibility index (Phi) is 4.36. The SMILES string of the molecule is CCNc1cncc(NCc2ccc(Cl)cc2)n1. The highest BCUT2D eigenvalue weighted by molar-refractivity contribution is 6.30. The Labute approximate surface area is 111 Å². The van der Waals surface area contributed by atoms with E-state index in [0.717, 1.165) is 28.8 Å². The molecule has 2 N–H and O–H groups in total. The van der Waals surface area contributed by atoms with E-state index in [2.05, 4.69) is 20.6 Å². The second-order valence-electron chi connectivity index (χ2n) is 3.80. The van der Waals surface area contributed by atoms with Crippen LogP contribution < -0.4 is 10.6 Å². The van der Waals surface area contributed by atoms with Crippen molar-refractivity contribution in [2.75, 3.05) is 17.2 Å². The summed E-state index contributed by atoms with van der Waals surface area (Å²) >= 11 is 5.83. The van der Waals surface area contributed by atoms with Gasteiger partial charge in [0.2, 0.25) is 0 Å². The number of aromatic nitrogens is 2. The summed E-state index contributed by atoms with van der Waals surface area (Å²) in [6.07, 6.45) is 3.41. The summed E-state index contributed by atoms with van der Waals surface area (Å²) < 4.78 is 0. The van der Waals surface area contributed by atoms with Gasteiger partial charge in [0.25, 0.3) is 0 Å². The van der Waals surface area contributed by atoms with Gasteiger partial charge in [0.1, 0.15) is 11.6 Å². The van der Waals surface area contributed by atoms with Gasteiger partial charge in [0, 0.05) is 18.1 Å². The van der Waals surface area contributed by atoms with Gasteiger partial charge in [-0.15, -0.1) is 0 Å². The molecule has 2 rings (SSSR count). The smallest absolute Gasteiger partial charge is 0.147 e. The molecule has 0 spiro atoms. The number of halogens is 1. The lowest BCUT2D eigenvalue weighted by Crippen LogP contribution is -2.05. The van der Waals surface area contributed by atoms with E-state index in [-0.39, 0.29) is 0 Å². The highest BCUT2D eigenvalue weighted by Gasteiger charge is 1.98. The molecule has 1 aromatic heterocycles. The molecule has 0 bridgehead atoms. The zero-order chi connectivity index (χ0) is 12.8. The number of anilines is 2. The Morgan fingerprint density at radius 3 is 2.39 bits per heavy atom. The van der Waals surface area contributed by atoms with E-state index < -0.39 is 0 Å². The first-order valence-electron chi connectivity index (χ1n) is 5.82. The van der Waals surface area contributed by atoms with Crippen LogP contribution in [0.2, 0.25) is 5.02 Å². The van der Waals surface area contributed by atoms with Gasteiger partial charge in [0.15, 0.2) is 0 Å². The van der Waals surface area contributed by atoms with E-state index in [0.29, 0.717) is 6.54 Å². The monoisotopic (exact) mass is 262 g/mol. The molecule has 5 heteroatoms. The molecule has 0 fully saturated rings. The molecule has 4 nitrogen and oxygen atoms in total. The summed E-state index contributed by atoms with van der Waals surface area (Å²) in [4.78, 5) is 8.51. The third-order valence-electron chi connectivity index (χ3n) is 2.38. The number of benzene rings is 1. The van der Waals surface area contributed by atoms with Crippen LogP contribution in [0.1, 0.15) is 12.5 Å². The van der Waals surface area contributed by atoms with Gasteiger partial charge < -0.3 is 10.6 Å². The van der Waals surface area contributed by atoms with Crippen molar-refractivity contribution in [2.24, 2.45) is 0 Å². The summed E-state index contributed by atoms with van der Waals surface area (Å²) in [5, 5.41) is 7.09. The van der Waals surface area contributed by atoms with Gasteiger partial charge in [-0.25, -0.2) is 4.98 Å². The van der Waals surface area contributed by atoms with Crippen molar-refractivity contribution in [1.82, 2.24) is 9.97 Å². The Morgan fingerprint density at radius 2 is 1.72 bits per heavy atom. The molecule has 1 aromatic carbocycles. The van der Waals surface area contributed by atoms with Crippen molar-refractivity contribution >= 4 is 23.2 Å². The molecule has 0 saturated heterocycles. The van der Waals surface area contributed by atoms with Crippen LogP contribution in [0.15, 0.2) is 36.7 Å². The van der Waals surface area contributed by atoms with Crippen molar-refractivity contribution in [2.45, 2.75) is 13.5 Å². The zero-order valence-corrected chi connectivity index (χ0v) is 10.9. The predicted molar refractivity (Wildman–Crippen MR) is 75.0 cm³/mol. The minimum atomic E-state index is 0.696. The van der Waals surface area contributed by atoms with E-state index in [1.807, 2.05) is 31.2 Å². The Hall–Kier alpha value is -1.81. The van der Waals surface area contributed by atoms with Crippen LogP contribution in [0.4, 0.5) is 11.6 Å². The van der Waals surface area contributed by atoms with Gasteiger partial charge in [-0.05, 0) is 24.6 Å². The van der Waals surface area contributed by atoms with Gasteiger partial charge in [-0.2, -0.15) is 0 Å². The summed E-state index contributed by atoms with van der Waals surface area (Å²) in [5.41, 5.74) is 1.15. The number of hydrogen-bond acceptors (Lipinski definition) is 4. The summed E-state index contributed by atoms with van der Waals surface area (Å²) in [7, 11) is 0. The maximum atomic E-state index is 5.83. The van der Waals surface area contributed by atoms with E-state index in [1.54, 1.807) is 12.4 Å². The number of nitrogens with zero attached hydrogens (tertiary/aromatic N) is 2. The topological polar surface area (TPSA) is 49.8 Å². The highest BCUT2D eigenvalue weighted by atomic mass is 35.5. The molecule has 1 heterocycles. The maximum absolute atomic E-state index is 5.83. The van der Waals surface area contributed by atoms with Crippen molar-refractivity contribution in [3.05, 3.63) is 47.2 Å². The molecule has 0 radical (unpaired) electrons. The molecule has 0 atom stereocenters. The van der Waals surface area contributed by atoms with E-state index in [1.165, 1.54) is 0 Å². The van der Waals surface area contributed by atoms with Gasteiger partial charge in [0.05, 0.1) is 12.4 Å². The van der Waals surface area contributed by atoms with E-state index in [9.17, 15) is 0 Å². The minimum absolute atomic E-state index is 0.696. The van der Waals surface area contributed by atoms with Gasteiger partial charge in [-0.1, -0.05) is 23.7 Å². The molecule has 0 saturated carbocycles. The van der Waals surface area contributed by atoms with Gasteiger partial charge in [-0.3, -0.25) is 4.98 Å². The minimum Gasteiger partial charge on any atom is -0.369 e. The van der Waals surface area contributed by atoms with Crippen molar-refractivity contribution in [1.29, 1.82) is 0 Å². The second kappa shape index (κ2) is 6.21. The maximum Gasteiger partial charge on any atom is 0.147 e.